The summed E-state index contributed by atoms with van der Waals surface area (Å²) in [5.74, 6) is 0.115. The second-order valence-electron chi connectivity index (χ2n) is 4.40. The number of hydrogen-bond acceptors (Lipinski definition) is 2. The van der Waals surface area contributed by atoms with Crippen LogP contribution in [0, 0.1) is 0 Å². The van der Waals surface area contributed by atoms with Gasteiger partial charge in [-0.3, -0.25) is 9.69 Å². The molecule has 0 heterocycles. The van der Waals surface area contributed by atoms with Gasteiger partial charge in [0.05, 0.1) is 6.17 Å². The van der Waals surface area contributed by atoms with Crippen LogP contribution in [0.25, 0.3) is 0 Å². The van der Waals surface area contributed by atoms with Gasteiger partial charge in [0.2, 0.25) is 5.91 Å². The van der Waals surface area contributed by atoms with E-state index < -0.39 is 0 Å². The van der Waals surface area contributed by atoms with Gasteiger partial charge in [-0.15, -0.1) is 0 Å². The van der Waals surface area contributed by atoms with Crippen LogP contribution < -0.4 is 0 Å². The number of rotatable bonds is 4. The van der Waals surface area contributed by atoms with Crippen molar-refractivity contribution >= 4 is 5.91 Å². The van der Waals surface area contributed by atoms with Gasteiger partial charge < -0.3 is 4.90 Å². The Morgan fingerprint density at radius 2 is 1.36 bits per heavy atom. The molecule has 0 aromatic rings. The first kappa shape index (κ1) is 13.4. The Bertz CT molecular complexity index is 182. The molecule has 3 nitrogen and oxygen atoms in total. The highest BCUT2D eigenvalue weighted by Crippen LogP contribution is 2.12. The van der Waals surface area contributed by atoms with Crippen molar-refractivity contribution in [1.29, 1.82) is 0 Å². The molecule has 0 aliphatic carbocycles. The summed E-state index contributed by atoms with van der Waals surface area (Å²) in [7, 11) is 1.85. The van der Waals surface area contributed by atoms with E-state index in [1.54, 1.807) is 11.8 Å². The Morgan fingerprint density at radius 3 is 1.57 bits per heavy atom. The van der Waals surface area contributed by atoms with Gasteiger partial charge in [-0.25, -0.2) is 0 Å². The van der Waals surface area contributed by atoms with Gasteiger partial charge >= 0.3 is 0 Å². The van der Waals surface area contributed by atoms with Gasteiger partial charge in [0.1, 0.15) is 0 Å². The van der Waals surface area contributed by atoms with Crippen molar-refractivity contribution in [3.05, 3.63) is 0 Å². The summed E-state index contributed by atoms with van der Waals surface area (Å²) in [5.41, 5.74) is 0. The molecule has 0 fully saturated rings. The molecular weight excluding hydrogens is 176 g/mol. The second kappa shape index (κ2) is 5.35. The van der Waals surface area contributed by atoms with E-state index in [1.807, 2.05) is 7.05 Å². The summed E-state index contributed by atoms with van der Waals surface area (Å²) in [5, 5.41) is 0. The van der Waals surface area contributed by atoms with Crippen LogP contribution in [0.1, 0.15) is 41.5 Å². The SMILES string of the molecule is CC(=O)N(C)C(C)N(C(C)C)C(C)C. The maximum atomic E-state index is 11.2. The summed E-state index contributed by atoms with van der Waals surface area (Å²) in [6.07, 6.45) is 0.160. The van der Waals surface area contributed by atoms with Crippen LogP contribution in [0.5, 0.6) is 0 Å². The maximum absolute atomic E-state index is 11.2. The summed E-state index contributed by atoms with van der Waals surface area (Å²) < 4.78 is 0. The molecule has 0 spiro atoms. The third-order valence-corrected chi connectivity index (χ3v) is 2.68. The van der Waals surface area contributed by atoms with E-state index in [2.05, 4.69) is 39.5 Å². The molecule has 0 radical (unpaired) electrons. The molecule has 0 rings (SSSR count). The third-order valence-electron chi connectivity index (χ3n) is 2.68. The molecule has 3 heteroatoms. The van der Waals surface area contributed by atoms with Crippen molar-refractivity contribution < 1.29 is 4.79 Å². The molecule has 0 bridgehead atoms. The molecule has 0 aromatic carbocycles. The fourth-order valence-corrected chi connectivity index (χ4v) is 1.92. The van der Waals surface area contributed by atoms with Crippen molar-refractivity contribution in [2.24, 2.45) is 0 Å². The normalized spacial score (nSPS) is 13.9. The van der Waals surface area contributed by atoms with Crippen LogP contribution in [0.3, 0.4) is 0 Å². The van der Waals surface area contributed by atoms with E-state index in [4.69, 9.17) is 0 Å². The predicted molar refractivity (Wildman–Crippen MR) is 60.0 cm³/mol. The Hall–Kier alpha value is -0.570. The Labute approximate surface area is 88.1 Å². The van der Waals surface area contributed by atoms with Crippen LogP contribution in [-0.2, 0) is 4.79 Å². The van der Waals surface area contributed by atoms with Crippen molar-refractivity contribution in [2.75, 3.05) is 7.05 Å². The highest BCUT2D eigenvalue weighted by Gasteiger charge is 2.24. The smallest absolute Gasteiger partial charge is 0.220 e. The Kier molecular flexibility index (Phi) is 5.13. The van der Waals surface area contributed by atoms with Crippen LogP contribution >= 0.6 is 0 Å². The summed E-state index contributed by atoms with van der Waals surface area (Å²) >= 11 is 0. The molecule has 84 valence electrons. The van der Waals surface area contributed by atoms with E-state index in [-0.39, 0.29) is 12.1 Å². The lowest BCUT2D eigenvalue weighted by Crippen LogP contribution is -2.52. The number of nitrogens with zero attached hydrogens (tertiary/aromatic N) is 2. The van der Waals surface area contributed by atoms with Gasteiger partial charge in [0.25, 0.3) is 0 Å². The molecule has 1 amide bonds. The first-order valence-electron chi connectivity index (χ1n) is 5.29. The number of amides is 1. The standard InChI is InChI=1S/C11H24N2O/c1-8(2)13(9(3)4)10(5)12(7)11(6)14/h8-10H,1-7H3. The number of carbonyl (C=O) groups is 1. The molecule has 1 atom stereocenters. The minimum atomic E-state index is 0.115. The van der Waals surface area contributed by atoms with Gasteiger partial charge in [-0.1, -0.05) is 0 Å². The molecule has 0 aliphatic heterocycles. The molecule has 0 saturated carbocycles. The van der Waals surface area contributed by atoms with Crippen molar-refractivity contribution in [3.63, 3.8) is 0 Å². The van der Waals surface area contributed by atoms with E-state index in [1.165, 1.54) is 0 Å². The summed E-state index contributed by atoms with van der Waals surface area (Å²) in [4.78, 5) is 15.3. The molecular formula is C11H24N2O. The Balaban J connectivity index is 4.59. The molecule has 0 aromatic heterocycles. The van der Waals surface area contributed by atoms with E-state index >= 15 is 0 Å². The van der Waals surface area contributed by atoms with Crippen LogP contribution in [0.2, 0.25) is 0 Å². The highest BCUT2D eigenvalue weighted by atomic mass is 16.2. The van der Waals surface area contributed by atoms with Gasteiger partial charge in [-0.05, 0) is 34.6 Å². The Morgan fingerprint density at radius 1 is 1.00 bits per heavy atom. The molecule has 0 aliphatic rings. The minimum absolute atomic E-state index is 0.115. The van der Waals surface area contributed by atoms with Crippen LogP contribution in [0.15, 0.2) is 0 Å². The summed E-state index contributed by atoms with van der Waals surface area (Å²) in [6, 6.07) is 0.901. The average molecular weight is 200 g/mol. The zero-order chi connectivity index (χ0) is 11.5. The zero-order valence-corrected chi connectivity index (χ0v) is 10.5. The van der Waals surface area contributed by atoms with Crippen molar-refractivity contribution in [1.82, 2.24) is 9.80 Å². The number of hydrogen-bond donors (Lipinski definition) is 0. The lowest BCUT2D eigenvalue weighted by molar-refractivity contribution is -0.134. The van der Waals surface area contributed by atoms with E-state index in [0.717, 1.165) is 0 Å². The number of carbonyl (C=O) groups excluding carboxylic acids is 1. The lowest BCUT2D eigenvalue weighted by Gasteiger charge is -2.40. The molecule has 1 unspecified atom stereocenters. The van der Waals surface area contributed by atoms with Crippen molar-refractivity contribution in [2.45, 2.75) is 59.8 Å². The van der Waals surface area contributed by atoms with E-state index in [0.29, 0.717) is 12.1 Å². The molecule has 0 saturated heterocycles. The van der Waals surface area contributed by atoms with Crippen LogP contribution in [-0.4, -0.2) is 41.0 Å². The van der Waals surface area contributed by atoms with E-state index in [9.17, 15) is 4.79 Å². The highest BCUT2D eigenvalue weighted by molar-refractivity contribution is 5.73. The minimum Gasteiger partial charge on any atom is -0.331 e. The van der Waals surface area contributed by atoms with Crippen molar-refractivity contribution in [3.8, 4) is 0 Å². The monoisotopic (exact) mass is 200 g/mol. The largest absolute Gasteiger partial charge is 0.331 e. The summed E-state index contributed by atoms with van der Waals surface area (Å²) in [6.45, 7) is 12.3. The lowest BCUT2D eigenvalue weighted by atomic mass is 10.2. The fourth-order valence-electron chi connectivity index (χ4n) is 1.92. The topological polar surface area (TPSA) is 23.6 Å². The predicted octanol–water partition coefficient (Wildman–Crippen LogP) is 1.93. The van der Waals surface area contributed by atoms with Gasteiger partial charge in [-0.2, -0.15) is 0 Å². The fraction of sp³-hybridized carbons (Fsp3) is 0.909. The zero-order valence-electron chi connectivity index (χ0n) is 10.5. The quantitative estimate of drug-likeness (QED) is 0.647. The third kappa shape index (κ3) is 3.29. The maximum Gasteiger partial charge on any atom is 0.220 e. The first-order valence-corrected chi connectivity index (χ1v) is 5.29. The van der Waals surface area contributed by atoms with Gasteiger partial charge in [0.15, 0.2) is 0 Å². The second-order valence-corrected chi connectivity index (χ2v) is 4.40. The molecule has 0 N–H and O–H groups in total. The van der Waals surface area contributed by atoms with Crippen LogP contribution in [0.4, 0.5) is 0 Å². The average Bonchev–Trinajstić information content (AvgIpc) is 2.01. The first-order chi connectivity index (χ1) is 6.29. The molecule has 14 heavy (non-hydrogen) atoms. The van der Waals surface area contributed by atoms with Gasteiger partial charge in [0, 0.05) is 26.1 Å².